The maximum absolute atomic E-state index is 12.7. The normalized spacial score (nSPS) is 33.9. The molecule has 2 rings (SSSR count). The highest BCUT2D eigenvalue weighted by Crippen LogP contribution is 2.41. The lowest BCUT2D eigenvalue weighted by molar-refractivity contribution is -0.178. The van der Waals surface area contributed by atoms with Gasteiger partial charge >= 0.3 is 11.9 Å². The molecule has 0 spiro atoms. The van der Waals surface area contributed by atoms with E-state index in [1.165, 1.54) is 25.7 Å². The monoisotopic (exact) mass is 246 g/mol. The molecule has 0 saturated heterocycles. The van der Waals surface area contributed by atoms with Crippen molar-refractivity contribution in [3.8, 4) is 0 Å². The van der Waals surface area contributed by atoms with Gasteiger partial charge in [-0.05, 0) is 31.1 Å². The van der Waals surface area contributed by atoms with Crippen LogP contribution in [-0.2, 0) is 9.53 Å². The number of alkyl halides is 2. The van der Waals surface area contributed by atoms with Gasteiger partial charge in [0, 0.05) is 6.92 Å². The van der Waals surface area contributed by atoms with Crippen molar-refractivity contribution in [1.82, 2.24) is 0 Å². The third-order valence-corrected chi connectivity index (χ3v) is 4.12. The third kappa shape index (κ3) is 3.17. The first kappa shape index (κ1) is 12.8. The van der Waals surface area contributed by atoms with Crippen molar-refractivity contribution in [3.05, 3.63) is 0 Å². The lowest BCUT2D eigenvalue weighted by Gasteiger charge is -2.39. The standard InChI is InChI=1S/C13H20F2O2/c1-13(14,15)12(16)17-11-7-6-9-4-2-3-5-10(9)8-11/h9-11H,2-8H2,1H3. The Bertz CT molecular complexity index is 286. The zero-order valence-corrected chi connectivity index (χ0v) is 10.3. The van der Waals surface area contributed by atoms with Gasteiger partial charge in [0.1, 0.15) is 6.10 Å². The maximum atomic E-state index is 12.7. The van der Waals surface area contributed by atoms with Gasteiger partial charge in [-0.25, -0.2) is 4.79 Å². The van der Waals surface area contributed by atoms with Crippen LogP contribution in [0.3, 0.4) is 0 Å². The first-order valence-corrected chi connectivity index (χ1v) is 6.55. The molecule has 2 fully saturated rings. The predicted molar refractivity (Wildman–Crippen MR) is 59.8 cm³/mol. The summed E-state index contributed by atoms with van der Waals surface area (Å²) in [7, 11) is 0. The van der Waals surface area contributed by atoms with Crippen molar-refractivity contribution in [2.75, 3.05) is 0 Å². The summed E-state index contributed by atoms with van der Waals surface area (Å²) in [5.41, 5.74) is 0. The lowest BCUT2D eigenvalue weighted by atomic mass is 9.70. The van der Waals surface area contributed by atoms with E-state index >= 15 is 0 Å². The second-order valence-electron chi connectivity index (χ2n) is 5.53. The molecule has 0 N–H and O–H groups in total. The molecule has 2 aliphatic carbocycles. The van der Waals surface area contributed by atoms with Gasteiger partial charge in [0.15, 0.2) is 0 Å². The van der Waals surface area contributed by atoms with Gasteiger partial charge in [0.05, 0.1) is 0 Å². The van der Waals surface area contributed by atoms with Crippen molar-refractivity contribution < 1.29 is 18.3 Å². The minimum Gasteiger partial charge on any atom is -0.458 e. The van der Waals surface area contributed by atoms with Gasteiger partial charge < -0.3 is 4.74 Å². The SMILES string of the molecule is CC(F)(F)C(=O)OC1CCC2CCCCC2C1. The van der Waals surface area contributed by atoms with Crippen LogP contribution in [0.15, 0.2) is 0 Å². The summed E-state index contributed by atoms with van der Waals surface area (Å²) in [5, 5.41) is 0. The summed E-state index contributed by atoms with van der Waals surface area (Å²) in [6, 6.07) is 0. The Morgan fingerprint density at radius 1 is 1.12 bits per heavy atom. The second-order valence-corrected chi connectivity index (χ2v) is 5.53. The van der Waals surface area contributed by atoms with E-state index in [1.54, 1.807) is 0 Å². The minimum atomic E-state index is -3.36. The van der Waals surface area contributed by atoms with E-state index in [2.05, 4.69) is 0 Å². The van der Waals surface area contributed by atoms with E-state index in [9.17, 15) is 13.6 Å². The highest BCUT2D eigenvalue weighted by atomic mass is 19.3. The van der Waals surface area contributed by atoms with Crippen molar-refractivity contribution in [2.45, 2.75) is 63.9 Å². The largest absolute Gasteiger partial charge is 0.458 e. The number of carbonyl (C=O) groups is 1. The Hall–Kier alpha value is -0.670. The maximum Gasteiger partial charge on any atom is 0.376 e. The van der Waals surface area contributed by atoms with Crippen LogP contribution >= 0.6 is 0 Å². The molecule has 17 heavy (non-hydrogen) atoms. The van der Waals surface area contributed by atoms with Crippen LogP contribution < -0.4 is 0 Å². The van der Waals surface area contributed by atoms with E-state index < -0.39 is 11.9 Å². The zero-order chi connectivity index (χ0) is 12.5. The fraction of sp³-hybridized carbons (Fsp3) is 0.923. The van der Waals surface area contributed by atoms with Crippen LogP contribution in [0, 0.1) is 11.8 Å². The van der Waals surface area contributed by atoms with Crippen LogP contribution in [0.2, 0.25) is 0 Å². The molecular formula is C13H20F2O2. The van der Waals surface area contributed by atoms with Gasteiger partial charge in [-0.15, -0.1) is 0 Å². The van der Waals surface area contributed by atoms with Gasteiger partial charge in [-0.2, -0.15) is 8.78 Å². The quantitative estimate of drug-likeness (QED) is 0.696. The number of fused-ring (bicyclic) bond motifs is 1. The Morgan fingerprint density at radius 3 is 2.41 bits per heavy atom. The Morgan fingerprint density at radius 2 is 1.76 bits per heavy atom. The summed E-state index contributed by atoms with van der Waals surface area (Å²) in [6.45, 7) is 0.599. The molecule has 0 bridgehead atoms. The Labute approximate surface area is 101 Å². The van der Waals surface area contributed by atoms with Crippen LogP contribution in [0.25, 0.3) is 0 Å². The van der Waals surface area contributed by atoms with Crippen molar-refractivity contribution in [2.24, 2.45) is 11.8 Å². The fourth-order valence-corrected chi connectivity index (χ4v) is 3.19. The lowest BCUT2D eigenvalue weighted by Crippen LogP contribution is -2.36. The average Bonchev–Trinajstić information content (AvgIpc) is 2.27. The molecular weight excluding hydrogens is 226 g/mol. The summed E-state index contributed by atoms with van der Waals surface area (Å²) < 4.78 is 30.4. The minimum absolute atomic E-state index is 0.285. The van der Waals surface area contributed by atoms with Gasteiger partial charge in [0.2, 0.25) is 0 Å². The Balaban J connectivity index is 1.86. The third-order valence-electron chi connectivity index (χ3n) is 4.12. The molecule has 3 atom stereocenters. The molecule has 0 amide bonds. The van der Waals surface area contributed by atoms with Crippen molar-refractivity contribution in [1.29, 1.82) is 0 Å². The first-order chi connectivity index (χ1) is 7.97. The molecule has 2 saturated carbocycles. The van der Waals surface area contributed by atoms with E-state index in [1.807, 2.05) is 0 Å². The van der Waals surface area contributed by atoms with E-state index in [0.29, 0.717) is 12.8 Å². The van der Waals surface area contributed by atoms with Gasteiger partial charge in [-0.3, -0.25) is 0 Å². The zero-order valence-electron chi connectivity index (χ0n) is 10.3. The molecule has 0 aromatic carbocycles. The number of hydrogen-bond acceptors (Lipinski definition) is 2. The summed E-state index contributed by atoms with van der Waals surface area (Å²) in [4.78, 5) is 11.1. The molecule has 2 aliphatic rings. The number of hydrogen-bond donors (Lipinski definition) is 0. The van der Waals surface area contributed by atoms with Gasteiger partial charge in [-0.1, -0.05) is 25.7 Å². The average molecular weight is 246 g/mol. The summed E-state index contributed by atoms with van der Waals surface area (Å²) in [5.74, 6) is -3.40. The highest BCUT2D eigenvalue weighted by Gasteiger charge is 2.39. The molecule has 0 aromatic heterocycles. The van der Waals surface area contributed by atoms with E-state index in [-0.39, 0.29) is 6.10 Å². The number of esters is 1. The molecule has 0 aliphatic heterocycles. The second kappa shape index (κ2) is 4.91. The topological polar surface area (TPSA) is 26.3 Å². The summed E-state index contributed by atoms with van der Waals surface area (Å²) in [6.07, 6.45) is 7.22. The van der Waals surface area contributed by atoms with Crippen molar-refractivity contribution in [3.63, 3.8) is 0 Å². The van der Waals surface area contributed by atoms with E-state index in [4.69, 9.17) is 4.74 Å². The number of ether oxygens (including phenoxy) is 1. The molecule has 98 valence electrons. The number of carbonyl (C=O) groups excluding carboxylic acids is 1. The fourth-order valence-electron chi connectivity index (χ4n) is 3.19. The smallest absolute Gasteiger partial charge is 0.376 e. The molecule has 2 nitrogen and oxygen atoms in total. The molecule has 4 heteroatoms. The van der Waals surface area contributed by atoms with Crippen LogP contribution in [0.5, 0.6) is 0 Å². The van der Waals surface area contributed by atoms with Crippen molar-refractivity contribution >= 4 is 5.97 Å². The molecule has 0 aromatic rings. The highest BCUT2D eigenvalue weighted by molar-refractivity contribution is 5.77. The Kier molecular flexibility index (Phi) is 3.69. The predicted octanol–water partition coefficient (Wildman–Crippen LogP) is 3.54. The van der Waals surface area contributed by atoms with Crippen LogP contribution in [-0.4, -0.2) is 18.0 Å². The molecule has 0 heterocycles. The molecule has 3 unspecified atom stereocenters. The van der Waals surface area contributed by atoms with Gasteiger partial charge in [0.25, 0.3) is 0 Å². The summed E-state index contributed by atoms with van der Waals surface area (Å²) >= 11 is 0. The number of halogens is 2. The van der Waals surface area contributed by atoms with Crippen LogP contribution in [0.4, 0.5) is 8.78 Å². The number of rotatable bonds is 2. The molecule has 0 radical (unpaired) electrons. The van der Waals surface area contributed by atoms with Crippen LogP contribution in [0.1, 0.15) is 51.9 Å². The van der Waals surface area contributed by atoms with E-state index in [0.717, 1.165) is 25.2 Å². The first-order valence-electron chi connectivity index (χ1n) is 6.55.